The Bertz CT molecular complexity index is 242. The van der Waals surface area contributed by atoms with Crippen molar-refractivity contribution in [2.45, 2.75) is 26.7 Å². The Balaban J connectivity index is 2.99. The molecule has 0 aliphatic rings. The van der Waals surface area contributed by atoms with Crippen LogP contribution in [0.15, 0.2) is 0 Å². The topological polar surface area (TPSA) is 58.2 Å². The molecule has 2 amide bonds. The van der Waals surface area contributed by atoms with Gasteiger partial charge >= 0.3 is 0 Å². The molecule has 0 aromatic heterocycles. The molecule has 0 fully saturated rings. The summed E-state index contributed by atoms with van der Waals surface area (Å²) >= 11 is 0. The molecule has 0 rings (SSSR count). The highest BCUT2D eigenvalue weighted by Gasteiger charge is 1.95. The van der Waals surface area contributed by atoms with Crippen LogP contribution in [0.2, 0.25) is 0 Å². The summed E-state index contributed by atoms with van der Waals surface area (Å²) in [5, 5.41) is 5.57. The molecule has 0 heterocycles. The zero-order chi connectivity index (χ0) is 15.1. The maximum atomic E-state index is 10.6. The fourth-order valence-electron chi connectivity index (χ4n) is 1.10. The van der Waals surface area contributed by atoms with Crippen molar-refractivity contribution in [2.24, 2.45) is 0 Å². The third-order valence-corrected chi connectivity index (χ3v) is 6.98. The Labute approximate surface area is 137 Å². The highest BCUT2D eigenvalue weighted by Crippen LogP contribution is 2.24. The summed E-state index contributed by atoms with van der Waals surface area (Å²) < 4.78 is 0. The first kappa shape index (κ1) is 20.3. The predicted molar refractivity (Wildman–Crippen MR) is 96.4 cm³/mol. The van der Waals surface area contributed by atoms with Crippen LogP contribution >= 0.6 is 43.2 Å². The lowest BCUT2D eigenvalue weighted by molar-refractivity contribution is -0.119. The molecule has 0 unspecified atom stereocenters. The minimum Gasteiger partial charge on any atom is -0.355 e. The number of hydrogen-bond donors (Lipinski definition) is 2. The van der Waals surface area contributed by atoms with E-state index in [0.29, 0.717) is 0 Å². The van der Waals surface area contributed by atoms with Gasteiger partial charge in [-0.2, -0.15) is 0 Å². The molecule has 0 aromatic carbocycles. The van der Waals surface area contributed by atoms with E-state index in [9.17, 15) is 9.59 Å². The van der Waals surface area contributed by atoms with E-state index in [0.717, 1.165) is 24.6 Å². The Morgan fingerprint density at radius 2 is 1.05 bits per heavy atom. The van der Waals surface area contributed by atoms with Crippen molar-refractivity contribution in [3.63, 3.8) is 0 Å². The molecule has 0 atom stereocenters. The van der Waals surface area contributed by atoms with E-state index in [2.05, 4.69) is 10.6 Å². The Hall–Kier alpha value is 0.340. The Morgan fingerprint density at radius 3 is 1.40 bits per heavy atom. The Morgan fingerprint density at radius 1 is 0.700 bits per heavy atom. The van der Waals surface area contributed by atoms with Gasteiger partial charge < -0.3 is 10.6 Å². The van der Waals surface area contributed by atoms with E-state index in [1.165, 1.54) is 24.3 Å². The highest BCUT2D eigenvalue weighted by atomic mass is 33.1. The maximum absolute atomic E-state index is 10.6. The SMILES string of the molecule is CC(=O)NCCSSCCCCSSCCNC(C)=O. The summed E-state index contributed by atoms with van der Waals surface area (Å²) in [5.74, 6) is 4.37. The van der Waals surface area contributed by atoms with Crippen LogP contribution in [0.25, 0.3) is 0 Å². The zero-order valence-electron chi connectivity index (χ0n) is 12.1. The van der Waals surface area contributed by atoms with E-state index in [-0.39, 0.29) is 11.8 Å². The smallest absolute Gasteiger partial charge is 0.216 e. The van der Waals surface area contributed by atoms with Crippen LogP contribution in [0, 0.1) is 0 Å². The van der Waals surface area contributed by atoms with Crippen molar-refractivity contribution < 1.29 is 9.59 Å². The molecular formula is C12H24N2O2S4. The van der Waals surface area contributed by atoms with Crippen molar-refractivity contribution in [2.75, 3.05) is 36.1 Å². The molecule has 0 saturated heterocycles. The van der Waals surface area contributed by atoms with Crippen LogP contribution in [0.3, 0.4) is 0 Å². The van der Waals surface area contributed by atoms with Gasteiger partial charge in [-0.3, -0.25) is 9.59 Å². The second-order valence-electron chi connectivity index (χ2n) is 3.96. The first-order valence-electron chi connectivity index (χ1n) is 6.60. The van der Waals surface area contributed by atoms with Gasteiger partial charge in [0.1, 0.15) is 0 Å². The summed E-state index contributed by atoms with van der Waals surface area (Å²) in [6, 6.07) is 0. The van der Waals surface area contributed by atoms with Crippen molar-refractivity contribution in [1.29, 1.82) is 0 Å². The average molecular weight is 357 g/mol. The van der Waals surface area contributed by atoms with E-state index in [4.69, 9.17) is 0 Å². The fourth-order valence-corrected chi connectivity index (χ4v) is 5.20. The average Bonchev–Trinajstić information content (AvgIpc) is 2.38. The number of carbonyl (C=O) groups excluding carboxylic acids is 2. The minimum absolute atomic E-state index is 0.0450. The molecule has 118 valence electrons. The molecule has 0 aliphatic heterocycles. The van der Waals surface area contributed by atoms with E-state index < -0.39 is 0 Å². The summed E-state index contributed by atoms with van der Waals surface area (Å²) in [6.07, 6.45) is 2.47. The van der Waals surface area contributed by atoms with Crippen molar-refractivity contribution in [3.8, 4) is 0 Å². The number of hydrogen-bond acceptors (Lipinski definition) is 6. The standard InChI is InChI=1S/C12H24N2O2S4/c1-11(15)13-5-9-19-17-7-3-4-8-18-20-10-6-14-12(2)16/h3-10H2,1-2H3,(H,13,15)(H,14,16). The quantitative estimate of drug-likeness (QED) is 0.391. The first-order valence-corrected chi connectivity index (χ1v) is 11.6. The van der Waals surface area contributed by atoms with Crippen molar-refractivity contribution in [3.05, 3.63) is 0 Å². The monoisotopic (exact) mass is 356 g/mol. The fraction of sp³-hybridized carbons (Fsp3) is 0.833. The number of amides is 2. The second-order valence-corrected chi connectivity index (χ2v) is 9.37. The van der Waals surface area contributed by atoms with E-state index in [1.807, 2.05) is 43.2 Å². The molecule has 0 aromatic rings. The Kier molecular flexibility index (Phi) is 16.0. The first-order chi connectivity index (χ1) is 9.63. The van der Waals surface area contributed by atoms with Gasteiger partial charge in [-0.05, 0) is 12.8 Å². The lowest BCUT2D eigenvalue weighted by Gasteiger charge is -2.03. The van der Waals surface area contributed by atoms with E-state index >= 15 is 0 Å². The van der Waals surface area contributed by atoms with Gasteiger partial charge in [0, 0.05) is 49.9 Å². The van der Waals surface area contributed by atoms with Crippen LogP contribution in [-0.2, 0) is 9.59 Å². The number of carbonyl (C=O) groups is 2. The lowest BCUT2D eigenvalue weighted by atomic mass is 10.4. The predicted octanol–water partition coefficient (Wildman–Crippen LogP) is 2.80. The number of rotatable bonds is 13. The molecule has 20 heavy (non-hydrogen) atoms. The van der Waals surface area contributed by atoms with Gasteiger partial charge in [0.15, 0.2) is 0 Å². The minimum atomic E-state index is 0.0450. The van der Waals surface area contributed by atoms with Crippen LogP contribution in [0.1, 0.15) is 26.7 Å². The molecule has 8 heteroatoms. The molecule has 0 aliphatic carbocycles. The van der Waals surface area contributed by atoms with Crippen LogP contribution in [-0.4, -0.2) is 47.9 Å². The van der Waals surface area contributed by atoms with E-state index in [1.54, 1.807) is 13.8 Å². The molecule has 0 spiro atoms. The molecular weight excluding hydrogens is 332 g/mol. The van der Waals surface area contributed by atoms with Crippen LogP contribution in [0.5, 0.6) is 0 Å². The summed E-state index contributed by atoms with van der Waals surface area (Å²) in [7, 11) is 7.41. The van der Waals surface area contributed by atoms with Crippen LogP contribution < -0.4 is 10.6 Å². The molecule has 0 bridgehead atoms. The normalized spacial score (nSPS) is 10.3. The third kappa shape index (κ3) is 18.3. The van der Waals surface area contributed by atoms with Gasteiger partial charge in [0.25, 0.3) is 0 Å². The summed E-state index contributed by atoms with van der Waals surface area (Å²) in [4.78, 5) is 21.3. The second kappa shape index (κ2) is 15.7. The zero-order valence-corrected chi connectivity index (χ0v) is 15.4. The molecule has 4 nitrogen and oxygen atoms in total. The largest absolute Gasteiger partial charge is 0.355 e. The summed E-state index contributed by atoms with van der Waals surface area (Å²) in [5.41, 5.74) is 0. The van der Waals surface area contributed by atoms with Gasteiger partial charge in [0.2, 0.25) is 11.8 Å². The number of unbranched alkanes of at least 4 members (excludes halogenated alkanes) is 1. The van der Waals surface area contributed by atoms with Gasteiger partial charge in [-0.25, -0.2) is 0 Å². The molecule has 0 saturated carbocycles. The summed E-state index contributed by atoms with van der Waals surface area (Å²) in [6.45, 7) is 4.61. The van der Waals surface area contributed by atoms with Gasteiger partial charge in [-0.15, -0.1) is 0 Å². The highest BCUT2D eigenvalue weighted by molar-refractivity contribution is 8.77. The molecule has 0 radical (unpaired) electrons. The van der Waals surface area contributed by atoms with Crippen molar-refractivity contribution in [1.82, 2.24) is 10.6 Å². The van der Waals surface area contributed by atoms with Crippen LogP contribution in [0.4, 0.5) is 0 Å². The van der Waals surface area contributed by atoms with Gasteiger partial charge in [0.05, 0.1) is 0 Å². The number of nitrogens with one attached hydrogen (secondary N) is 2. The lowest BCUT2D eigenvalue weighted by Crippen LogP contribution is -2.22. The molecule has 2 N–H and O–H groups in total. The van der Waals surface area contributed by atoms with Gasteiger partial charge in [-0.1, -0.05) is 43.2 Å². The maximum Gasteiger partial charge on any atom is 0.216 e. The van der Waals surface area contributed by atoms with Crippen molar-refractivity contribution >= 4 is 55.0 Å². The third-order valence-electron chi connectivity index (χ3n) is 1.99.